The molecule has 0 aromatic carbocycles. The van der Waals surface area contributed by atoms with Crippen LogP contribution in [-0.2, 0) is 4.74 Å². The number of rotatable bonds is 2. The van der Waals surface area contributed by atoms with Gasteiger partial charge in [-0.05, 0) is 19.9 Å². The third-order valence-electron chi connectivity index (χ3n) is 3.66. The molecular weight excluding hydrogens is 190 g/mol. The van der Waals surface area contributed by atoms with Gasteiger partial charge in [-0.25, -0.2) is 0 Å². The van der Waals surface area contributed by atoms with Crippen LogP contribution in [0.25, 0.3) is 0 Å². The fraction of sp³-hybridized carbons (Fsp3) is 1.00. The fourth-order valence-electron chi connectivity index (χ4n) is 2.73. The number of nitrogens with zero attached hydrogens (tertiary/aromatic N) is 2. The minimum absolute atomic E-state index is 0.548. The van der Waals surface area contributed by atoms with Crippen molar-refractivity contribution in [2.45, 2.75) is 24.9 Å². The van der Waals surface area contributed by atoms with Gasteiger partial charge in [-0.15, -0.1) is 0 Å². The maximum Gasteiger partial charge on any atom is 0.0480 e. The van der Waals surface area contributed by atoms with Gasteiger partial charge in [-0.2, -0.15) is 0 Å². The lowest BCUT2D eigenvalue weighted by Crippen LogP contribution is -2.58. The van der Waals surface area contributed by atoms with Crippen molar-refractivity contribution in [2.75, 3.05) is 46.4 Å². The second-order valence-electron chi connectivity index (χ2n) is 4.73. The monoisotopic (exact) mass is 213 g/mol. The molecule has 0 aliphatic carbocycles. The van der Waals surface area contributed by atoms with Crippen LogP contribution >= 0.6 is 0 Å². The fourth-order valence-corrected chi connectivity index (χ4v) is 2.73. The predicted molar refractivity (Wildman–Crippen MR) is 60.9 cm³/mol. The SMILES string of the molecule is CN1CCN(C2CCOCC2)C(CN)C1. The molecule has 0 bridgehead atoms. The Bertz CT molecular complexity index is 192. The van der Waals surface area contributed by atoms with Crippen LogP contribution in [0.5, 0.6) is 0 Å². The minimum Gasteiger partial charge on any atom is -0.381 e. The molecule has 2 aliphatic rings. The van der Waals surface area contributed by atoms with Crippen LogP contribution in [-0.4, -0.2) is 68.3 Å². The summed E-state index contributed by atoms with van der Waals surface area (Å²) in [7, 11) is 2.18. The number of piperazine rings is 1. The molecule has 2 fully saturated rings. The molecule has 0 aromatic heterocycles. The van der Waals surface area contributed by atoms with Crippen molar-refractivity contribution in [3.63, 3.8) is 0 Å². The zero-order valence-electron chi connectivity index (χ0n) is 9.69. The Hall–Kier alpha value is -0.160. The highest BCUT2D eigenvalue weighted by atomic mass is 16.5. The van der Waals surface area contributed by atoms with Crippen molar-refractivity contribution in [1.29, 1.82) is 0 Å². The van der Waals surface area contributed by atoms with E-state index < -0.39 is 0 Å². The van der Waals surface area contributed by atoms with Gasteiger partial charge in [0.2, 0.25) is 0 Å². The molecule has 1 unspecified atom stereocenters. The van der Waals surface area contributed by atoms with Crippen LogP contribution in [0, 0.1) is 0 Å². The quantitative estimate of drug-likeness (QED) is 0.686. The summed E-state index contributed by atoms with van der Waals surface area (Å²) >= 11 is 0. The highest BCUT2D eigenvalue weighted by Crippen LogP contribution is 2.19. The third-order valence-corrected chi connectivity index (χ3v) is 3.66. The van der Waals surface area contributed by atoms with Gasteiger partial charge in [-0.3, -0.25) is 4.90 Å². The van der Waals surface area contributed by atoms with E-state index in [0.29, 0.717) is 12.1 Å². The lowest BCUT2D eigenvalue weighted by molar-refractivity contribution is -0.00755. The average molecular weight is 213 g/mol. The van der Waals surface area contributed by atoms with Crippen LogP contribution in [0.1, 0.15) is 12.8 Å². The van der Waals surface area contributed by atoms with Crippen LogP contribution in [0.3, 0.4) is 0 Å². The maximum atomic E-state index is 5.86. The Labute approximate surface area is 92.4 Å². The molecule has 4 heteroatoms. The first kappa shape index (κ1) is 11.3. The molecular formula is C11H23N3O. The van der Waals surface area contributed by atoms with E-state index in [0.717, 1.165) is 26.3 Å². The first-order valence-corrected chi connectivity index (χ1v) is 6.03. The lowest BCUT2D eigenvalue weighted by Gasteiger charge is -2.45. The van der Waals surface area contributed by atoms with Gasteiger partial charge < -0.3 is 15.4 Å². The number of hydrogen-bond donors (Lipinski definition) is 1. The average Bonchev–Trinajstić information content (AvgIpc) is 2.30. The summed E-state index contributed by atoms with van der Waals surface area (Å²) in [5.41, 5.74) is 5.86. The van der Waals surface area contributed by atoms with Gasteiger partial charge in [0.1, 0.15) is 0 Å². The highest BCUT2D eigenvalue weighted by Gasteiger charge is 2.30. The zero-order chi connectivity index (χ0) is 10.7. The zero-order valence-corrected chi connectivity index (χ0v) is 9.69. The second-order valence-corrected chi connectivity index (χ2v) is 4.73. The van der Waals surface area contributed by atoms with E-state index >= 15 is 0 Å². The summed E-state index contributed by atoms with van der Waals surface area (Å²) in [4.78, 5) is 5.00. The first-order chi connectivity index (χ1) is 7.31. The van der Waals surface area contributed by atoms with Crippen LogP contribution in [0.2, 0.25) is 0 Å². The summed E-state index contributed by atoms with van der Waals surface area (Å²) in [5, 5.41) is 0. The molecule has 0 amide bonds. The molecule has 0 spiro atoms. The van der Waals surface area contributed by atoms with Crippen molar-refractivity contribution in [3.05, 3.63) is 0 Å². The molecule has 2 N–H and O–H groups in total. The van der Waals surface area contributed by atoms with E-state index in [4.69, 9.17) is 10.5 Å². The normalized spacial score (nSPS) is 32.0. The summed E-state index contributed by atoms with van der Waals surface area (Å²) in [6.45, 7) is 6.09. The number of hydrogen-bond acceptors (Lipinski definition) is 4. The van der Waals surface area contributed by atoms with Crippen molar-refractivity contribution < 1.29 is 4.74 Å². The van der Waals surface area contributed by atoms with E-state index in [1.807, 2.05) is 0 Å². The predicted octanol–water partition coefficient (Wildman–Crippen LogP) is -0.260. The van der Waals surface area contributed by atoms with Crippen molar-refractivity contribution in [1.82, 2.24) is 9.80 Å². The molecule has 88 valence electrons. The van der Waals surface area contributed by atoms with E-state index in [2.05, 4.69) is 16.8 Å². The van der Waals surface area contributed by atoms with Gasteiger partial charge in [0, 0.05) is 51.5 Å². The molecule has 2 rings (SSSR count). The Balaban J connectivity index is 1.93. The molecule has 2 saturated heterocycles. The Morgan fingerprint density at radius 1 is 1.27 bits per heavy atom. The summed E-state index contributed by atoms with van der Waals surface area (Å²) in [6, 6.07) is 1.26. The number of ether oxygens (including phenoxy) is 1. The van der Waals surface area contributed by atoms with Crippen LogP contribution < -0.4 is 5.73 Å². The van der Waals surface area contributed by atoms with Gasteiger partial charge in [-0.1, -0.05) is 0 Å². The maximum absolute atomic E-state index is 5.86. The third kappa shape index (κ3) is 2.69. The van der Waals surface area contributed by atoms with Crippen molar-refractivity contribution in [3.8, 4) is 0 Å². The first-order valence-electron chi connectivity index (χ1n) is 6.03. The van der Waals surface area contributed by atoms with E-state index in [-0.39, 0.29) is 0 Å². The summed E-state index contributed by atoms with van der Waals surface area (Å²) < 4.78 is 5.41. The Kier molecular flexibility index (Phi) is 3.97. The summed E-state index contributed by atoms with van der Waals surface area (Å²) in [5.74, 6) is 0. The molecule has 0 saturated carbocycles. The minimum atomic E-state index is 0.548. The molecule has 15 heavy (non-hydrogen) atoms. The van der Waals surface area contributed by atoms with Gasteiger partial charge in [0.25, 0.3) is 0 Å². The van der Waals surface area contributed by atoms with Gasteiger partial charge in [0.15, 0.2) is 0 Å². The molecule has 4 nitrogen and oxygen atoms in total. The molecule has 2 heterocycles. The standard InChI is InChI=1S/C11H23N3O/c1-13-4-5-14(11(8-12)9-13)10-2-6-15-7-3-10/h10-11H,2-9,12H2,1H3. The molecule has 0 radical (unpaired) electrons. The number of nitrogens with two attached hydrogens (primary N) is 1. The van der Waals surface area contributed by atoms with Crippen molar-refractivity contribution >= 4 is 0 Å². The second kappa shape index (κ2) is 5.25. The molecule has 2 aliphatic heterocycles. The van der Waals surface area contributed by atoms with Crippen LogP contribution in [0.15, 0.2) is 0 Å². The largest absolute Gasteiger partial charge is 0.381 e. The molecule has 1 atom stereocenters. The van der Waals surface area contributed by atoms with Crippen LogP contribution in [0.4, 0.5) is 0 Å². The van der Waals surface area contributed by atoms with Gasteiger partial charge >= 0.3 is 0 Å². The molecule has 0 aromatic rings. The topological polar surface area (TPSA) is 41.7 Å². The Morgan fingerprint density at radius 3 is 2.67 bits per heavy atom. The van der Waals surface area contributed by atoms with Gasteiger partial charge in [0.05, 0.1) is 0 Å². The summed E-state index contributed by atoms with van der Waals surface area (Å²) in [6.07, 6.45) is 2.36. The highest BCUT2D eigenvalue weighted by molar-refractivity contribution is 4.87. The number of likely N-dealkylation sites (N-methyl/N-ethyl adjacent to an activating group) is 1. The van der Waals surface area contributed by atoms with E-state index in [9.17, 15) is 0 Å². The lowest BCUT2D eigenvalue weighted by atomic mass is 10.0. The smallest absolute Gasteiger partial charge is 0.0480 e. The van der Waals surface area contributed by atoms with Crippen molar-refractivity contribution in [2.24, 2.45) is 5.73 Å². The van der Waals surface area contributed by atoms with E-state index in [1.54, 1.807) is 0 Å². The Morgan fingerprint density at radius 2 is 2.00 bits per heavy atom. The van der Waals surface area contributed by atoms with E-state index in [1.165, 1.54) is 25.9 Å².